The van der Waals surface area contributed by atoms with Crippen molar-refractivity contribution in [2.75, 3.05) is 7.11 Å². The van der Waals surface area contributed by atoms with Crippen LogP contribution in [0.15, 0.2) is 82.9 Å². The SMILES string of the molecule is COc1ccc(-n2ncc3c(=O)[nH]c(SCc4cccc5ccccc45)nc32)cc1. The van der Waals surface area contributed by atoms with Crippen molar-refractivity contribution in [2.24, 2.45) is 0 Å². The van der Waals surface area contributed by atoms with Crippen molar-refractivity contribution in [3.8, 4) is 11.4 Å². The molecule has 0 spiro atoms. The summed E-state index contributed by atoms with van der Waals surface area (Å²) < 4.78 is 6.89. The van der Waals surface area contributed by atoms with Gasteiger partial charge >= 0.3 is 0 Å². The number of fused-ring (bicyclic) bond motifs is 2. The Balaban J connectivity index is 1.50. The van der Waals surface area contributed by atoms with Gasteiger partial charge in [-0.3, -0.25) is 4.79 Å². The normalized spacial score (nSPS) is 11.2. The number of benzene rings is 3. The van der Waals surface area contributed by atoms with E-state index in [9.17, 15) is 4.79 Å². The van der Waals surface area contributed by atoms with Gasteiger partial charge in [-0.2, -0.15) is 5.10 Å². The molecule has 0 unspecified atom stereocenters. The molecular weight excluding hydrogens is 396 g/mol. The highest BCUT2D eigenvalue weighted by atomic mass is 32.2. The second kappa shape index (κ2) is 7.68. The van der Waals surface area contributed by atoms with Crippen molar-refractivity contribution in [1.29, 1.82) is 0 Å². The number of aromatic nitrogens is 4. The summed E-state index contributed by atoms with van der Waals surface area (Å²) in [7, 11) is 1.62. The molecule has 0 amide bonds. The van der Waals surface area contributed by atoms with Gasteiger partial charge in [-0.25, -0.2) is 9.67 Å². The Bertz CT molecular complexity index is 1400. The van der Waals surface area contributed by atoms with Gasteiger partial charge in [0.15, 0.2) is 10.8 Å². The van der Waals surface area contributed by atoms with E-state index >= 15 is 0 Å². The molecule has 2 aromatic heterocycles. The highest BCUT2D eigenvalue weighted by molar-refractivity contribution is 7.98. The first-order valence-corrected chi connectivity index (χ1v) is 10.4. The van der Waals surface area contributed by atoms with Gasteiger partial charge in [-0.1, -0.05) is 54.2 Å². The Morgan fingerprint density at radius 1 is 1.00 bits per heavy atom. The summed E-state index contributed by atoms with van der Waals surface area (Å²) in [6, 6.07) is 22.0. The fraction of sp³-hybridized carbons (Fsp3) is 0.0870. The number of ether oxygens (including phenoxy) is 1. The molecule has 0 radical (unpaired) electrons. The van der Waals surface area contributed by atoms with Gasteiger partial charge < -0.3 is 9.72 Å². The molecule has 0 aliphatic heterocycles. The van der Waals surface area contributed by atoms with Crippen LogP contribution in [0.2, 0.25) is 0 Å². The molecule has 7 heteroatoms. The second-order valence-electron chi connectivity index (χ2n) is 6.79. The number of methoxy groups -OCH3 is 1. The van der Waals surface area contributed by atoms with E-state index < -0.39 is 0 Å². The van der Waals surface area contributed by atoms with E-state index in [1.807, 2.05) is 36.4 Å². The van der Waals surface area contributed by atoms with Gasteiger partial charge in [0.05, 0.1) is 19.0 Å². The molecule has 5 rings (SSSR count). The molecule has 0 bridgehead atoms. The van der Waals surface area contributed by atoms with Crippen molar-refractivity contribution < 1.29 is 4.74 Å². The first-order chi connectivity index (χ1) is 14.7. The minimum Gasteiger partial charge on any atom is -0.497 e. The maximum atomic E-state index is 12.6. The summed E-state index contributed by atoms with van der Waals surface area (Å²) in [5.41, 5.74) is 2.35. The van der Waals surface area contributed by atoms with E-state index in [2.05, 4.69) is 45.4 Å². The summed E-state index contributed by atoms with van der Waals surface area (Å²) in [5, 5.41) is 7.80. The van der Waals surface area contributed by atoms with Crippen LogP contribution < -0.4 is 10.3 Å². The summed E-state index contributed by atoms with van der Waals surface area (Å²) in [6.07, 6.45) is 1.55. The Labute approximate surface area is 176 Å². The number of H-pyrrole nitrogens is 1. The minimum absolute atomic E-state index is 0.194. The molecule has 0 fully saturated rings. The van der Waals surface area contributed by atoms with Crippen molar-refractivity contribution in [2.45, 2.75) is 10.9 Å². The van der Waals surface area contributed by atoms with Gasteiger partial charge in [0.1, 0.15) is 11.1 Å². The standard InChI is InChI=1S/C23H18N4O2S/c1-29-18-11-9-17(10-12-18)27-21-20(13-24-27)22(28)26-23(25-21)30-14-16-7-4-6-15-5-2-3-8-19(15)16/h2-13H,14H2,1H3,(H,25,26,28). The number of nitrogens with one attached hydrogen (secondary N) is 1. The van der Waals surface area contributed by atoms with Crippen molar-refractivity contribution >= 4 is 33.6 Å². The molecule has 2 heterocycles. The fourth-order valence-corrected chi connectivity index (χ4v) is 4.30. The first kappa shape index (κ1) is 18.4. The summed E-state index contributed by atoms with van der Waals surface area (Å²) in [4.78, 5) is 20.1. The van der Waals surface area contributed by atoms with E-state index in [1.54, 1.807) is 18.0 Å². The van der Waals surface area contributed by atoms with Crippen molar-refractivity contribution in [1.82, 2.24) is 19.7 Å². The predicted molar refractivity (Wildman–Crippen MR) is 120 cm³/mol. The van der Waals surface area contributed by atoms with Crippen molar-refractivity contribution in [3.63, 3.8) is 0 Å². The van der Waals surface area contributed by atoms with E-state index in [4.69, 9.17) is 4.74 Å². The number of aromatic amines is 1. The molecular formula is C23H18N4O2S. The second-order valence-corrected chi connectivity index (χ2v) is 7.75. The summed E-state index contributed by atoms with van der Waals surface area (Å²) in [5.74, 6) is 1.46. The lowest BCUT2D eigenvalue weighted by atomic mass is 10.1. The molecule has 30 heavy (non-hydrogen) atoms. The third kappa shape index (κ3) is 3.33. The van der Waals surface area contributed by atoms with Gasteiger partial charge in [0.2, 0.25) is 0 Å². The van der Waals surface area contributed by atoms with Crippen LogP contribution in [0.5, 0.6) is 5.75 Å². The molecule has 0 aliphatic carbocycles. The number of hydrogen-bond donors (Lipinski definition) is 1. The highest BCUT2D eigenvalue weighted by Crippen LogP contribution is 2.26. The summed E-state index contributed by atoms with van der Waals surface area (Å²) in [6.45, 7) is 0. The molecule has 0 saturated carbocycles. The lowest BCUT2D eigenvalue weighted by Gasteiger charge is -2.07. The van der Waals surface area contributed by atoms with Crippen LogP contribution in [0.3, 0.4) is 0 Å². The Kier molecular flexibility index (Phi) is 4.72. The maximum absolute atomic E-state index is 12.6. The van der Waals surface area contributed by atoms with Crippen LogP contribution in [-0.2, 0) is 5.75 Å². The summed E-state index contributed by atoms with van der Waals surface area (Å²) >= 11 is 1.50. The molecule has 0 aliphatic rings. The maximum Gasteiger partial charge on any atom is 0.262 e. The van der Waals surface area contributed by atoms with E-state index in [1.165, 1.54) is 28.1 Å². The van der Waals surface area contributed by atoms with E-state index in [-0.39, 0.29) is 5.56 Å². The Hall–Kier alpha value is -3.58. The van der Waals surface area contributed by atoms with Crippen LogP contribution >= 0.6 is 11.8 Å². The fourth-order valence-electron chi connectivity index (χ4n) is 3.44. The average Bonchev–Trinajstić information content (AvgIpc) is 3.22. The zero-order valence-corrected chi connectivity index (χ0v) is 17.0. The Morgan fingerprint density at radius 3 is 2.63 bits per heavy atom. The minimum atomic E-state index is -0.194. The first-order valence-electron chi connectivity index (χ1n) is 9.45. The van der Waals surface area contributed by atoms with Gasteiger partial charge in [0.25, 0.3) is 5.56 Å². The number of thioether (sulfide) groups is 1. The van der Waals surface area contributed by atoms with E-state index in [0.29, 0.717) is 21.9 Å². The molecule has 1 N–H and O–H groups in total. The molecule has 148 valence electrons. The topological polar surface area (TPSA) is 72.8 Å². The van der Waals surface area contributed by atoms with Gasteiger partial charge in [0, 0.05) is 5.75 Å². The number of hydrogen-bond acceptors (Lipinski definition) is 5. The lowest BCUT2D eigenvalue weighted by Crippen LogP contribution is -2.09. The van der Waals surface area contributed by atoms with Crippen LogP contribution in [0.1, 0.15) is 5.56 Å². The molecule has 0 atom stereocenters. The monoisotopic (exact) mass is 414 g/mol. The average molecular weight is 414 g/mol. The predicted octanol–water partition coefficient (Wildman–Crippen LogP) is 4.56. The largest absolute Gasteiger partial charge is 0.497 e. The Morgan fingerprint density at radius 2 is 1.80 bits per heavy atom. The lowest BCUT2D eigenvalue weighted by molar-refractivity contribution is 0.414. The van der Waals surface area contributed by atoms with Crippen LogP contribution in [0.25, 0.3) is 27.5 Å². The number of nitrogens with zero attached hydrogens (tertiary/aromatic N) is 3. The zero-order valence-electron chi connectivity index (χ0n) is 16.2. The quantitative estimate of drug-likeness (QED) is 0.337. The van der Waals surface area contributed by atoms with Crippen LogP contribution in [0.4, 0.5) is 0 Å². The van der Waals surface area contributed by atoms with Crippen LogP contribution in [-0.4, -0.2) is 26.9 Å². The third-order valence-corrected chi connectivity index (χ3v) is 5.90. The highest BCUT2D eigenvalue weighted by Gasteiger charge is 2.12. The molecule has 0 saturated heterocycles. The van der Waals surface area contributed by atoms with E-state index in [0.717, 1.165) is 11.4 Å². The smallest absolute Gasteiger partial charge is 0.262 e. The zero-order chi connectivity index (χ0) is 20.5. The van der Waals surface area contributed by atoms with Crippen LogP contribution in [0, 0.1) is 0 Å². The third-order valence-electron chi connectivity index (χ3n) is 4.98. The van der Waals surface area contributed by atoms with Gasteiger partial charge in [-0.15, -0.1) is 0 Å². The molecule has 5 aromatic rings. The van der Waals surface area contributed by atoms with Crippen molar-refractivity contribution in [3.05, 3.63) is 88.8 Å². The number of rotatable bonds is 5. The molecule has 6 nitrogen and oxygen atoms in total. The molecule has 3 aromatic carbocycles. The van der Waals surface area contributed by atoms with Gasteiger partial charge in [-0.05, 0) is 40.6 Å².